The fourth-order valence-electron chi connectivity index (χ4n) is 1.30. The van der Waals surface area contributed by atoms with Crippen LogP contribution in [0.4, 0.5) is 13.2 Å². The van der Waals surface area contributed by atoms with E-state index in [1.54, 1.807) is 6.92 Å². The standard InChI is InChI=1S/C8H12F3N3/c1-5(2-3-12)6-4-13-14-7(6)8(9,10)11/h4-5H,2-3,12H2,1H3,(H,13,14). The summed E-state index contributed by atoms with van der Waals surface area (Å²) in [5.41, 5.74) is 4.70. The van der Waals surface area contributed by atoms with Crippen molar-refractivity contribution in [3.8, 4) is 0 Å². The van der Waals surface area contributed by atoms with E-state index in [2.05, 4.69) is 5.10 Å². The summed E-state index contributed by atoms with van der Waals surface area (Å²) < 4.78 is 37.1. The van der Waals surface area contributed by atoms with Gasteiger partial charge in [0.15, 0.2) is 0 Å². The molecule has 0 radical (unpaired) electrons. The average Bonchev–Trinajstić information content (AvgIpc) is 2.50. The van der Waals surface area contributed by atoms with Crippen LogP contribution in [-0.4, -0.2) is 16.7 Å². The van der Waals surface area contributed by atoms with Crippen LogP contribution in [-0.2, 0) is 6.18 Å². The fourth-order valence-corrected chi connectivity index (χ4v) is 1.30. The summed E-state index contributed by atoms with van der Waals surface area (Å²) in [6.07, 6.45) is -2.64. The van der Waals surface area contributed by atoms with Gasteiger partial charge in [0.1, 0.15) is 5.69 Å². The molecule has 1 unspecified atom stereocenters. The minimum atomic E-state index is -4.37. The van der Waals surface area contributed by atoms with Crippen molar-refractivity contribution in [2.75, 3.05) is 6.54 Å². The van der Waals surface area contributed by atoms with Crippen LogP contribution in [0.5, 0.6) is 0 Å². The monoisotopic (exact) mass is 207 g/mol. The van der Waals surface area contributed by atoms with Crippen LogP contribution in [0.2, 0.25) is 0 Å². The van der Waals surface area contributed by atoms with Crippen LogP contribution in [0.25, 0.3) is 0 Å². The summed E-state index contributed by atoms with van der Waals surface area (Å²) >= 11 is 0. The van der Waals surface area contributed by atoms with E-state index in [4.69, 9.17) is 5.73 Å². The number of nitrogens with zero attached hydrogens (tertiary/aromatic N) is 1. The highest BCUT2D eigenvalue weighted by Gasteiger charge is 2.36. The van der Waals surface area contributed by atoms with E-state index < -0.39 is 11.9 Å². The van der Waals surface area contributed by atoms with E-state index >= 15 is 0 Å². The fraction of sp³-hybridized carbons (Fsp3) is 0.625. The zero-order chi connectivity index (χ0) is 10.8. The van der Waals surface area contributed by atoms with Gasteiger partial charge in [0, 0.05) is 5.56 Å². The molecule has 1 heterocycles. The lowest BCUT2D eigenvalue weighted by atomic mass is 9.98. The topological polar surface area (TPSA) is 54.7 Å². The molecule has 0 saturated heterocycles. The molecule has 0 aliphatic rings. The van der Waals surface area contributed by atoms with Crippen LogP contribution in [0.3, 0.4) is 0 Å². The van der Waals surface area contributed by atoms with Crippen LogP contribution >= 0.6 is 0 Å². The summed E-state index contributed by atoms with van der Waals surface area (Å²) in [6.45, 7) is 2.07. The Morgan fingerprint density at radius 1 is 1.57 bits per heavy atom. The van der Waals surface area contributed by atoms with Gasteiger partial charge in [0.05, 0.1) is 6.20 Å². The lowest BCUT2D eigenvalue weighted by Gasteiger charge is -2.12. The number of nitrogens with one attached hydrogen (secondary N) is 1. The van der Waals surface area contributed by atoms with E-state index in [-0.39, 0.29) is 11.5 Å². The molecule has 0 spiro atoms. The molecule has 0 aliphatic carbocycles. The Bertz CT molecular complexity index is 292. The van der Waals surface area contributed by atoms with Crippen LogP contribution in [0, 0.1) is 0 Å². The number of hydrogen-bond donors (Lipinski definition) is 2. The van der Waals surface area contributed by atoms with Crippen LogP contribution in [0.15, 0.2) is 6.20 Å². The van der Waals surface area contributed by atoms with Gasteiger partial charge in [0.2, 0.25) is 0 Å². The molecule has 1 aromatic rings. The molecule has 14 heavy (non-hydrogen) atoms. The molecule has 3 N–H and O–H groups in total. The summed E-state index contributed by atoms with van der Waals surface area (Å²) in [5, 5.41) is 5.38. The maximum Gasteiger partial charge on any atom is 0.433 e. The SMILES string of the molecule is CC(CCN)c1cn[nH]c1C(F)(F)F. The van der Waals surface area contributed by atoms with Crippen molar-refractivity contribution < 1.29 is 13.2 Å². The minimum Gasteiger partial charge on any atom is -0.330 e. The molecule has 0 amide bonds. The third-order valence-corrected chi connectivity index (χ3v) is 2.08. The van der Waals surface area contributed by atoms with Crippen LogP contribution in [0.1, 0.15) is 30.5 Å². The van der Waals surface area contributed by atoms with Gasteiger partial charge in [-0.15, -0.1) is 0 Å². The Kier molecular flexibility index (Phi) is 3.15. The third-order valence-electron chi connectivity index (χ3n) is 2.08. The third kappa shape index (κ3) is 2.25. The first kappa shape index (κ1) is 11.0. The van der Waals surface area contributed by atoms with Crippen molar-refractivity contribution in [3.05, 3.63) is 17.5 Å². The molecule has 1 atom stereocenters. The maximum atomic E-state index is 12.4. The van der Waals surface area contributed by atoms with Gasteiger partial charge in [-0.3, -0.25) is 5.10 Å². The molecule has 3 nitrogen and oxygen atoms in total. The van der Waals surface area contributed by atoms with Gasteiger partial charge in [0.25, 0.3) is 0 Å². The summed E-state index contributed by atoms with van der Waals surface area (Å²) in [4.78, 5) is 0. The molecule has 0 aromatic carbocycles. The maximum absolute atomic E-state index is 12.4. The van der Waals surface area contributed by atoms with Gasteiger partial charge in [-0.05, 0) is 18.9 Å². The summed E-state index contributed by atoms with van der Waals surface area (Å²) in [7, 11) is 0. The first-order chi connectivity index (χ1) is 6.46. The van der Waals surface area contributed by atoms with Crippen LogP contribution < -0.4 is 5.73 Å². The van der Waals surface area contributed by atoms with Crippen molar-refractivity contribution in [3.63, 3.8) is 0 Å². The lowest BCUT2D eigenvalue weighted by molar-refractivity contribution is -0.142. The van der Waals surface area contributed by atoms with Gasteiger partial charge >= 0.3 is 6.18 Å². The number of alkyl halides is 3. The highest BCUT2D eigenvalue weighted by Crippen LogP contribution is 2.34. The second-order valence-electron chi connectivity index (χ2n) is 3.18. The second kappa shape index (κ2) is 4.00. The Morgan fingerprint density at radius 3 is 2.71 bits per heavy atom. The van der Waals surface area contributed by atoms with Gasteiger partial charge < -0.3 is 5.73 Å². The molecular formula is C8H12F3N3. The summed E-state index contributed by atoms with van der Waals surface area (Å²) in [6, 6.07) is 0. The second-order valence-corrected chi connectivity index (χ2v) is 3.18. The zero-order valence-corrected chi connectivity index (χ0v) is 7.73. The average molecular weight is 207 g/mol. The number of H-pyrrole nitrogens is 1. The van der Waals surface area contributed by atoms with Gasteiger partial charge in [-0.2, -0.15) is 18.3 Å². The summed E-state index contributed by atoms with van der Waals surface area (Å²) in [5.74, 6) is -0.227. The van der Waals surface area contributed by atoms with E-state index in [0.717, 1.165) is 0 Å². The van der Waals surface area contributed by atoms with Crippen molar-refractivity contribution in [1.82, 2.24) is 10.2 Å². The molecule has 1 aromatic heterocycles. The number of aromatic amines is 1. The number of rotatable bonds is 3. The lowest BCUT2D eigenvalue weighted by Crippen LogP contribution is -2.12. The molecule has 0 bridgehead atoms. The quantitative estimate of drug-likeness (QED) is 0.795. The predicted octanol–water partition coefficient (Wildman–Crippen LogP) is 1.88. The highest BCUT2D eigenvalue weighted by atomic mass is 19.4. The number of aromatic nitrogens is 2. The van der Waals surface area contributed by atoms with Gasteiger partial charge in [-0.25, -0.2) is 0 Å². The van der Waals surface area contributed by atoms with E-state index in [9.17, 15) is 13.2 Å². The number of nitrogens with two attached hydrogens (primary N) is 1. The Balaban J connectivity index is 2.93. The Morgan fingerprint density at radius 2 is 2.21 bits per heavy atom. The molecule has 80 valence electrons. The highest BCUT2D eigenvalue weighted by molar-refractivity contribution is 5.23. The zero-order valence-electron chi connectivity index (χ0n) is 7.73. The molecular weight excluding hydrogens is 195 g/mol. The first-order valence-corrected chi connectivity index (χ1v) is 4.27. The smallest absolute Gasteiger partial charge is 0.330 e. The van der Waals surface area contributed by atoms with Crippen molar-refractivity contribution in [2.24, 2.45) is 5.73 Å². The largest absolute Gasteiger partial charge is 0.433 e. The Hall–Kier alpha value is -1.04. The van der Waals surface area contributed by atoms with E-state index in [1.165, 1.54) is 6.20 Å². The number of hydrogen-bond acceptors (Lipinski definition) is 2. The first-order valence-electron chi connectivity index (χ1n) is 4.27. The minimum absolute atomic E-state index is 0.183. The van der Waals surface area contributed by atoms with Crippen molar-refractivity contribution in [1.29, 1.82) is 0 Å². The molecule has 6 heteroatoms. The van der Waals surface area contributed by atoms with Crippen molar-refractivity contribution >= 4 is 0 Å². The molecule has 0 fully saturated rings. The van der Waals surface area contributed by atoms with Crippen molar-refractivity contribution in [2.45, 2.75) is 25.4 Å². The van der Waals surface area contributed by atoms with E-state index in [0.29, 0.717) is 13.0 Å². The normalized spacial score (nSPS) is 14.4. The predicted molar refractivity (Wildman–Crippen MR) is 45.7 cm³/mol. The Labute approximate surface area is 79.5 Å². The van der Waals surface area contributed by atoms with E-state index in [1.807, 2.05) is 5.10 Å². The van der Waals surface area contributed by atoms with Gasteiger partial charge in [-0.1, -0.05) is 6.92 Å². The molecule has 0 saturated carbocycles. The molecule has 1 rings (SSSR count). The molecule has 0 aliphatic heterocycles. The number of halogens is 3.